The van der Waals surface area contributed by atoms with Crippen molar-refractivity contribution in [3.05, 3.63) is 62.8 Å². The summed E-state index contributed by atoms with van der Waals surface area (Å²) in [5.74, 6) is -5.17. The van der Waals surface area contributed by atoms with Crippen LogP contribution in [0.3, 0.4) is 0 Å². The fraction of sp³-hybridized carbons (Fsp3) is 0.414. The summed E-state index contributed by atoms with van der Waals surface area (Å²) in [5.41, 5.74) is 9.99. The molecule has 1 amide bonds. The topological polar surface area (TPSA) is 209 Å². The number of Topliss-reactive ketones (excluding diaryl/α,β-unsaturated/α-hetero) is 2. The molecule has 40 heavy (non-hydrogen) atoms. The van der Waals surface area contributed by atoms with Crippen LogP contribution in [0.5, 0.6) is 5.75 Å². The van der Waals surface area contributed by atoms with Gasteiger partial charge in [-0.3, -0.25) is 14.4 Å². The van der Waals surface area contributed by atoms with Crippen LogP contribution in [0.4, 0.5) is 5.69 Å². The lowest BCUT2D eigenvalue weighted by molar-refractivity contribution is -0.147. The number of aryl methyl sites for hydroxylation is 2. The number of phenolic OH excluding ortho intramolecular Hbond substituents is 1. The zero-order valence-electron chi connectivity index (χ0n) is 22.9. The average Bonchev–Trinajstić information content (AvgIpc) is 3.21. The third-order valence-electron chi connectivity index (χ3n) is 8.01. The van der Waals surface area contributed by atoms with Crippen molar-refractivity contribution < 1.29 is 39.2 Å². The predicted molar refractivity (Wildman–Crippen MR) is 146 cm³/mol. The average molecular weight is 554 g/mol. The first-order valence-electron chi connectivity index (χ1n) is 13.2. The number of carbonyl (C=O) groups is 3. The van der Waals surface area contributed by atoms with Gasteiger partial charge in [0.2, 0.25) is 5.78 Å². The number of aromatic hydroxyl groups is 1. The Morgan fingerprint density at radius 1 is 1.12 bits per heavy atom. The Labute approximate surface area is 231 Å². The van der Waals surface area contributed by atoms with E-state index in [4.69, 9.17) is 15.9 Å². The second-order valence-electron chi connectivity index (χ2n) is 10.3. The number of ketones is 2. The summed E-state index contributed by atoms with van der Waals surface area (Å²) in [6.45, 7) is 8.34. The molecule has 3 aliphatic carbocycles. The van der Waals surface area contributed by atoms with E-state index in [1.807, 2.05) is 33.8 Å². The lowest BCUT2D eigenvalue weighted by Crippen LogP contribution is -2.58. The molecule has 3 atom stereocenters. The molecular formula is C29H35N3O8. The molecular weight excluding hydrogens is 518 g/mol. The minimum absolute atomic E-state index is 0.0291. The number of aliphatic hydroxyl groups excluding tert-OH is 2. The van der Waals surface area contributed by atoms with Crippen LogP contribution >= 0.6 is 0 Å². The van der Waals surface area contributed by atoms with Gasteiger partial charge in [-0.2, -0.15) is 0 Å². The number of nitrogen functional groups attached to an aromatic ring is 1. The maximum Gasteiger partial charge on any atom is 0.255 e. The molecule has 1 aromatic heterocycles. The van der Waals surface area contributed by atoms with E-state index in [1.54, 1.807) is 6.07 Å². The predicted octanol–water partition coefficient (Wildman–Crippen LogP) is 2.53. The summed E-state index contributed by atoms with van der Waals surface area (Å²) < 4.78 is 5.64. The molecule has 0 bridgehead atoms. The first-order valence-corrected chi connectivity index (χ1v) is 13.2. The molecule has 3 aliphatic rings. The lowest BCUT2D eigenvalue weighted by Gasteiger charge is -2.46. The molecule has 2 aromatic rings. The van der Waals surface area contributed by atoms with Crippen molar-refractivity contribution in [2.24, 2.45) is 17.6 Å². The van der Waals surface area contributed by atoms with Crippen LogP contribution in [0, 0.1) is 25.7 Å². The summed E-state index contributed by atoms with van der Waals surface area (Å²) >= 11 is 0. The number of hydrogen-bond acceptors (Lipinski definition) is 10. The molecule has 0 saturated heterocycles. The van der Waals surface area contributed by atoms with Gasteiger partial charge in [-0.15, -0.1) is 0 Å². The van der Waals surface area contributed by atoms with E-state index >= 15 is 0 Å². The molecule has 0 radical (unpaired) electrons. The van der Waals surface area contributed by atoms with Gasteiger partial charge in [0.1, 0.15) is 34.4 Å². The number of amides is 1. The number of hydrogen-bond donors (Lipinski definition) is 7. The van der Waals surface area contributed by atoms with Gasteiger partial charge in [0.25, 0.3) is 5.91 Å². The van der Waals surface area contributed by atoms with E-state index in [2.05, 4.69) is 5.32 Å². The lowest BCUT2D eigenvalue weighted by atomic mass is 9.59. The molecule has 0 aliphatic heterocycles. The maximum atomic E-state index is 13.6. The van der Waals surface area contributed by atoms with Gasteiger partial charge in [0.05, 0.1) is 12.1 Å². The van der Waals surface area contributed by atoms with E-state index in [9.17, 15) is 34.8 Å². The number of phenols is 1. The molecule has 1 unspecified atom stereocenters. The summed E-state index contributed by atoms with van der Waals surface area (Å²) in [7, 11) is 0. The largest absolute Gasteiger partial charge is 0.508 e. The highest BCUT2D eigenvalue weighted by Crippen LogP contribution is 2.53. The SMILES string of the molecule is CC.Cc1cc(CNCc2cc(N)c3c(c2O)C(O)=C2C(=O)[C@]4(O)C(O)=C(C(N)=O)C(=O)C[C@@H]4CC2C3)oc1C. The number of aliphatic hydroxyl groups is 3. The number of carbonyl (C=O) groups excluding carboxylic acids is 3. The normalized spacial score (nSPS) is 23.7. The van der Waals surface area contributed by atoms with E-state index in [0.29, 0.717) is 29.1 Å². The third kappa shape index (κ3) is 4.35. The van der Waals surface area contributed by atoms with Gasteiger partial charge in [-0.25, -0.2) is 0 Å². The van der Waals surface area contributed by atoms with Gasteiger partial charge in [-0.05, 0) is 55.9 Å². The van der Waals surface area contributed by atoms with Gasteiger partial charge in [-0.1, -0.05) is 13.8 Å². The van der Waals surface area contributed by atoms with Crippen molar-refractivity contribution in [1.82, 2.24) is 5.32 Å². The van der Waals surface area contributed by atoms with Crippen LogP contribution in [-0.2, 0) is 33.9 Å². The molecule has 9 N–H and O–H groups in total. The number of furan rings is 1. The number of nitrogens with two attached hydrogens (primary N) is 2. The van der Waals surface area contributed by atoms with Gasteiger partial charge in [0.15, 0.2) is 11.4 Å². The van der Waals surface area contributed by atoms with Crippen molar-refractivity contribution >= 4 is 28.9 Å². The maximum absolute atomic E-state index is 13.6. The van der Waals surface area contributed by atoms with Crippen LogP contribution in [-0.4, -0.2) is 43.5 Å². The highest BCUT2D eigenvalue weighted by molar-refractivity contribution is 6.22. The number of benzene rings is 1. The summed E-state index contributed by atoms with van der Waals surface area (Å²) in [6, 6.07) is 3.50. The Morgan fingerprint density at radius 2 is 1.80 bits per heavy atom. The minimum atomic E-state index is -2.60. The number of anilines is 1. The highest BCUT2D eigenvalue weighted by Gasteiger charge is 2.60. The van der Waals surface area contributed by atoms with Crippen molar-refractivity contribution in [2.75, 3.05) is 5.73 Å². The number of nitrogens with one attached hydrogen (secondary N) is 1. The highest BCUT2D eigenvalue weighted by atomic mass is 16.4. The first-order chi connectivity index (χ1) is 18.9. The van der Waals surface area contributed by atoms with E-state index in [1.165, 1.54) is 0 Å². The van der Waals surface area contributed by atoms with Gasteiger partial charge < -0.3 is 41.6 Å². The Morgan fingerprint density at radius 3 is 2.40 bits per heavy atom. The second-order valence-corrected chi connectivity index (χ2v) is 10.3. The minimum Gasteiger partial charge on any atom is -0.508 e. The molecule has 1 aromatic carbocycles. The van der Waals surface area contributed by atoms with Crippen molar-refractivity contribution in [1.29, 1.82) is 0 Å². The molecule has 1 saturated carbocycles. The van der Waals surface area contributed by atoms with Crippen molar-refractivity contribution in [3.63, 3.8) is 0 Å². The summed E-state index contributed by atoms with van der Waals surface area (Å²) in [5, 5.41) is 47.5. The van der Waals surface area contributed by atoms with Crippen LogP contribution in [0.15, 0.2) is 33.5 Å². The molecule has 11 heteroatoms. The van der Waals surface area contributed by atoms with Crippen LogP contribution in [0.25, 0.3) is 5.76 Å². The smallest absolute Gasteiger partial charge is 0.255 e. The van der Waals surface area contributed by atoms with E-state index in [0.717, 1.165) is 11.3 Å². The number of primary amides is 1. The van der Waals surface area contributed by atoms with Crippen LogP contribution in [0.1, 0.15) is 60.5 Å². The van der Waals surface area contributed by atoms with Crippen molar-refractivity contribution in [2.45, 2.75) is 65.6 Å². The standard InChI is InChI=1S/C27H29N3O8.C2H6/c1-10-3-15(38-11(10)2)9-30-8-13-6-17(28)16-5-12-4-14-7-18(31)21(26(29)36)25(35)27(14,37)24(34)19(12)23(33)20(16)22(13)32;1-2/h3,6,12,14,30,32-33,35,37H,4-5,7-9,28H2,1-2H3,(H2,29,36);1-2H3/t12?,14-,27-;/m0./s1. The molecule has 1 heterocycles. The number of fused-ring (bicyclic) bond motifs is 3. The van der Waals surface area contributed by atoms with E-state index < -0.39 is 52.0 Å². The molecule has 0 spiro atoms. The summed E-state index contributed by atoms with van der Waals surface area (Å²) in [4.78, 5) is 37.8. The van der Waals surface area contributed by atoms with E-state index in [-0.39, 0.29) is 42.7 Å². The number of rotatable bonds is 5. The zero-order valence-corrected chi connectivity index (χ0v) is 22.9. The van der Waals surface area contributed by atoms with Crippen LogP contribution in [0.2, 0.25) is 0 Å². The first kappa shape index (κ1) is 28.9. The Kier molecular flexibility index (Phi) is 7.57. The third-order valence-corrected chi connectivity index (χ3v) is 8.01. The van der Waals surface area contributed by atoms with Crippen LogP contribution < -0.4 is 16.8 Å². The Bertz CT molecular complexity index is 1460. The second kappa shape index (κ2) is 10.5. The Hall–Kier alpha value is -4.09. The zero-order chi connectivity index (χ0) is 29.7. The quantitative estimate of drug-likeness (QED) is 0.163. The molecule has 11 nitrogen and oxygen atoms in total. The molecule has 1 fully saturated rings. The van der Waals surface area contributed by atoms with Gasteiger partial charge >= 0.3 is 0 Å². The van der Waals surface area contributed by atoms with Gasteiger partial charge in [0, 0.05) is 35.7 Å². The monoisotopic (exact) mass is 553 g/mol. The molecule has 5 rings (SSSR count). The Balaban J connectivity index is 0.00000181. The fourth-order valence-electron chi connectivity index (χ4n) is 5.97. The van der Waals surface area contributed by atoms with Crippen molar-refractivity contribution in [3.8, 4) is 5.75 Å². The summed E-state index contributed by atoms with van der Waals surface area (Å²) in [6.07, 6.45) is -0.164. The fourth-order valence-corrected chi connectivity index (χ4v) is 5.97. The molecule has 214 valence electrons.